The third-order valence-corrected chi connectivity index (χ3v) is 2.90. The number of methoxy groups -OCH3 is 1. The molecule has 1 saturated carbocycles. The van der Waals surface area contributed by atoms with Gasteiger partial charge in [-0.3, -0.25) is 4.79 Å². The predicted molar refractivity (Wildman–Crippen MR) is 53.8 cm³/mol. The second kappa shape index (κ2) is 4.39. The summed E-state index contributed by atoms with van der Waals surface area (Å²) >= 11 is 0. The average Bonchev–Trinajstić information content (AvgIpc) is 3.09. The monoisotopic (exact) mass is 244 g/mol. The molecule has 0 spiro atoms. The third kappa shape index (κ3) is 2.28. The minimum Gasteiger partial charge on any atom is -0.469 e. The molecule has 0 amide bonds. The molecule has 1 aliphatic carbocycles. The molecule has 1 aromatic rings. The minimum absolute atomic E-state index is 0.0850. The Balaban J connectivity index is 2.45. The molecule has 1 aliphatic rings. The lowest BCUT2D eigenvalue weighted by atomic mass is 9.93. The summed E-state index contributed by atoms with van der Waals surface area (Å²) in [5, 5.41) is 0. The SMILES string of the molecule is COC(=O)C(c1cc(F)cc(F)c1F)C1CC1. The number of benzene rings is 1. The first-order valence-electron chi connectivity index (χ1n) is 5.27. The number of ether oxygens (including phenoxy) is 1. The average molecular weight is 244 g/mol. The van der Waals surface area contributed by atoms with Crippen LogP contribution < -0.4 is 0 Å². The van der Waals surface area contributed by atoms with Crippen molar-refractivity contribution in [3.63, 3.8) is 0 Å². The maximum Gasteiger partial charge on any atom is 0.313 e. The molecular weight excluding hydrogens is 233 g/mol. The van der Waals surface area contributed by atoms with Crippen LogP contribution in [0.2, 0.25) is 0 Å². The van der Waals surface area contributed by atoms with Crippen LogP contribution in [-0.2, 0) is 9.53 Å². The highest BCUT2D eigenvalue weighted by Gasteiger charge is 2.40. The fourth-order valence-corrected chi connectivity index (χ4v) is 1.93. The van der Waals surface area contributed by atoms with E-state index in [1.165, 1.54) is 7.11 Å². The highest BCUT2D eigenvalue weighted by molar-refractivity contribution is 5.79. The molecule has 0 N–H and O–H groups in total. The highest BCUT2D eigenvalue weighted by Crippen LogP contribution is 2.44. The summed E-state index contributed by atoms with van der Waals surface area (Å²) in [7, 11) is 1.17. The van der Waals surface area contributed by atoms with Gasteiger partial charge in [0.1, 0.15) is 5.82 Å². The number of hydrogen-bond acceptors (Lipinski definition) is 2. The standard InChI is InChI=1S/C12H11F3O2/c1-17-12(16)10(6-2-3-6)8-4-7(13)5-9(14)11(8)15/h4-6,10H,2-3H2,1H3. The van der Waals surface area contributed by atoms with Crippen LogP contribution in [0.5, 0.6) is 0 Å². The maximum absolute atomic E-state index is 13.6. The van der Waals surface area contributed by atoms with Crippen molar-refractivity contribution in [1.29, 1.82) is 0 Å². The van der Waals surface area contributed by atoms with Gasteiger partial charge in [0, 0.05) is 11.6 Å². The van der Waals surface area contributed by atoms with E-state index in [9.17, 15) is 18.0 Å². The molecule has 0 bridgehead atoms. The molecule has 0 saturated heterocycles. The third-order valence-electron chi connectivity index (χ3n) is 2.90. The first-order valence-corrected chi connectivity index (χ1v) is 5.27. The minimum atomic E-state index is -1.28. The zero-order valence-corrected chi connectivity index (χ0v) is 9.17. The molecule has 2 nitrogen and oxygen atoms in total. The lowest BCUT2D eigenvalue weighted by Gasteiger charge is -2.15. The van der Waals surface area contributed by atoms with Crippen LogP contribution in [0.15, 0.2) is 12.1 Å². The van der Waals surface area contributed by atoms with Gasteiger partial charge in [-0.05, 0) is 24.8 Å². The smallest absolute Gasteiger partial charge is 0.313 e. The van der Waals surface area contributed by atoms with Gasteiger partial charge in [0.2, 0.25) is 0 Å². The van der Waals surface area contributed by atoms with Gasteiger partial charge < -0.3 is 4.74 Å². The van der Waals surface area contributed by atoms with E-state index in [0.29, 0.717) is 6.07 Å². The largest absolute Gasteiger partial charge is 0.469 e. The molecule has 1 aromatic carbocycles. The molecule has 17 heavy (non-hydrogen) atoms. The number of carbonyl (C=O) groups excluding carboxylic acids is 1. The molecule has 1 fully saturated rings. The number of hydrogen-bond donors (Lipinski definition) is 0. The van der Waals surface area contributed by atoms with Crippen LogP contribution in [0.4, 0.5) is 13.2 Å². The molecule has 1 unspecified atom stereocenters. The molecule has 92 valence electrons. The van der Waals surface area contributed by atoms with E-state index in [-0.39, 0.29) is 11.5 Å². The van der Waals surface area contributed by atoms with E-state index in [1.807, 2.05) is 0 Å². The molecule has 0 aromatic heterocycles. The van der Waals surface area contributed by atoms with E-state index >= 15 is 0 Å². The molecule has 0 aliphatic heterocycles. The summed E-state index contributed by atoms with van der Waals surface area (Å²) in [6, 6.07) is 1.32. The number of rotatable bonds is 3. The lowest BCUT2D eigenvalue weighted by molar-refractivity contribution is -0.143. The van der Waals surface area contributed by atoms with Crippen molar-refractivity contribution in [2.45, 2.75) is 18.8 Å². The van der Waals surface area contributed by atoms with Crippen LogP contribution in [0.1, 0.15) is 24.3 Å². The summed E-state index contributed by atoms with van der Waals surface area (Å²) in [6.45, 7) is 0. The van der Waals surface area contributed by atoms with Gasteiger partial charge in [-0.15, -0.1) is 0 Å². The Hall–Kier alpha value is -1.52. The summed E-state index contributed by atoms with van der Waals surface area (Å²) in [5.74, 6) is -5.00. The predicted octanol–water partition coefficient (Wildman–Crippen LogP) is 2.77. The fraction of sp³-hybridized carbons (Fsp3) is 0.417. The number of esters is 1. The van der Waals surface area contributed by atoms with Crippen molar-refractivity contribution in [1.82, 2.24) is 0 Å². The van der Waals surface area contributed by atoms with Crippen LogP contribution >= 0.6 is 0 Å². The van der Waals surface area contributed by atoms with Gasteiger partial charge >= 0.3 is 5.97 Å². The van der Waals surface area contributed by atoms with Gasteiger partial charge in [-0.25, -0.2) is 13.2 Å². The van der Waals surface area contributed by atoms with Crippen molar-refractivity contribution in [2.24, 2.45) is 5.92 Å². The van der Waals surface area contributed by atoms with E-state index in [1.54, 1.807) is 0 Å². The van der Waals surface area contributed by atoms with Crippen molar-refractivity contribution in [3.05, 3.63) is 35.1 Å². The maximum atomic E-state index is 13.6. The Kier molecular flexibility index (Phi) is 3.09. The van der Waals surface area contributed by atoms with Crippen molar-refractivity contribution in [2.75, 3.05) is 7.11 Å². The van der Waals surface area contributed by atoms with E-state index in [2.05, 4.69) is 4.74 Å². The summed E-state index contributed by atoms with van der Waals surface area (Å²) < 4.78 is 44.3. The Labute approximate surface area is 96.4 Å². The fourth-order valence-electron chi connectivity index (χ4n) is 1.93. The normalized spacial score (nSPS) is 16.7. The van der Waals surface area contributed by atoms with Gasteiger partial charge in [-0.2, -0.15) is 0 Å². The summed E-state index contributed by atoms with van der Waals surface area (Å²) in [5.41, 5.74) is -0.253. The Bertz CT molecular complexity index is 455. The van der Waals surface area contributed by atoms with Gasteiger partial charge in [0.25, 0.3) is 0 Å². The molecule has 2 rings (SSSR count). The Morgan fingerprint density at radius 3 is 2.53 bits per heavy atom. The zero-order valence-electron chi connectivity index (χ0n) is 9.17. The van der Waals surface area contributed by atoms with Crippen LogP contribution in [0.3, 0.4) is 0 Å². The summed E-state index contributed by atoms with van der Waals surface area (Å²) in [6.07, 6.45) is 1.47. The Morgan fingerprint density at radius 1 is 1.35 bits per heavy atom. The molecule has 0 heterocycles. The van der Waals surface area contributed by atoms with E-state index < -0.39 is 29.3 Å². The highest BCUT2D eigenvalue weighted by atomic mass is 19.2. The van der Waals surface area contributed by atoms with Crippen LogP contribution in [0.25, 0.3) is 0 Å². The van der Waals surface area contributed by atoms with E-state index in [4.69, 9.17) is 0 Å². The van der Waals surface area contributed by atoms with Gasteiger partial charge in [0.15, 0.2) is 11.6 Å². The number of halogens is 3. The molecular formula is C12H11F3O2. The second-order valence-electron chi connectivity index (χ2n) is 4.13. The van der Waals surface area contributed by atoms with Crippen molar-refractivity contribution >= 4 is 5.97 Å². The van der Waals surface area contributed by atoms with Gasteiger partial charge in [-0.1, -0.05) is 0 Å². The van der Waals surface area contributed by atoms with Gasteiger partial charge in [0.05, 0.1) is 13.0 Å². The second-order valence-corrected chi connectivity index (χ2v) is 4.13. The molecule has 5 heteroatoms. The zero-order chi connectivity index (χ0) is 12.6. The number of carbonyl (C=O) groups is 1. The van der Waals surface area contributed by atoms with Crippen molar-refractivity contribution < 1.29 is 22.7 Å². The van der Waals surface area contributed by atoms with Crippen molar-refractivity contribution in [3.8, 4) is 0 Å². The Morgan fingerprint density at radius 2 is 2.00 bits per heavy atom. The lowest BCUT2D eigenvalue weighted by Crippen LogP contribution is -2.18. The first kappa shape index (κ1) is 12.0. The van der Waals surface area contributed by atoms with Crippen LogP contribution in [0, 0.1) is 23.4 Å². The quantitative estimate of drug-likeness (QED) is 0.603. The first-order chi connectivity index (χ1) is 8.04. The molecule has 0 radical (unpaired) electrons. The summed E-state index contributed by atoms with van der Waals surface area (Å²) in [4.78, 5) is 11.5. The van der Waals surface area contributed by atoms with Crippen LogP contribution in [-0.4, -0.2) is 13.1 Å². The topological polar surface area (TPSA) is 26.3 Å². The van der Waals surface area contributed by atoms with E-state index in [0.717, 1.165) is 18.9 Å². The molecule has 1 atom stereocenters.